The average molecular weight is 1320 g/mol. The summed E-state index contributed by atoms with van der Waals surface area (Å²) in [6, 6.07) is 75.5. The number of fused-ring (bicyclic) bond motifs is 6. The lowest BCUT2D eigenvalue weighted by atomic mass is 9.93. The minimum Gasteiger partial charge on any atom is -0.309 e. The summed E-state index contributed by atoms with van der Waals surface area (Å²) < 4.78 is 4.09. The largest absolute Gasteiger partial charge is 0.309 e. The smallest absolute Gasteiger partial charge is 0.197 e. The number of hydrogen-bond donors (Lipinski definition) is 0. The summed E-state index contributed by atoms with van der Waals surface area (Å²) in [6.45, 7) is 48.8. The molecule has 15 aromatic rings. The molecule has 0 aliphatic rings. The maximum atomic E-state index is 10.7. The Morgan fingerprint density at radius 1 is 0.298 bits per heavy atom. The van der Waals surface area contributed by atoms with E-state index in [9.17, 15) is 31.6 Å². The number of hydrogen-bond acceptors (Lipinski definition) is 10. The minimum absolute atomic E-state index is 0.0826. The van der Waals surface area contributed by atoms with Gasteiger partial charge in [0.25, 0.3) is 0 Å². The van der Waals surface area contributed by atoms with Crippen molar-refractivity contribution in [1.29, 1.82) is 31.6 Å². The molecular formula is C86H36N18. The summed E-state index contributed by atoms with van der Waals surface area (Å²) in [6.07, 6.45) is 1.68. The van der Waals surface area contributed by atoms with E-state index in [4.69, 9.17) is 59.4 Å². The molecule has 0 radical (unpaired) electrons. The highest BCUT2D eigenvalue weighted by Crippen LogP contribution is 2.49. The molecule has 104 heavy (non-hydrogen) atoms. The normalized spacial score (nSPS) is 10.6. The molecule has 0 amide bonds. The van der Waals surface area contributed by atoms with Gasteiger partial charge in [-0.25, -0.2) is 44.0 Å². The van der Waals surface area contributed by atoms with Gasteiger partial charge in [0.15, 0.2) is 51.6 Å². The second-order valence-electron chi connectivity index (χ2n) is 23.7. The quantitative estimate of drug-likeness (QED) is 0.118. The van der Waals surface area contributed by atoms with Crippen LogP contribution >= 0.6 is 0 Å². The van der Waals surface area contributed by atoms with Crippen molar-refractivity contribution in [3.63, 3.8) is 0 Å². The van der Waals surface area contributed by atoms with Crippen LogP contribution in [0.15, 0.2) is 219 Å². The molecule has 0 aliphatic heterocycles. The molecule has 0 fully saturated rings. The van der Waals surface area contributed by atoms with E-state index in [-0.39, 0.29) is 67.5 Å². The third kappa shape index (κ3) is 10.5. The molecule has 18 nitrogen and oxygen atoms in total. The van der Waals surface area contributed by atoms with Crippen LogP contribution in [0.25, 0.3) is 174 Å². The Labute approximate surface area is 593 Å². The molecule has 15 rings (SSSR count). The molecular weight excluding hydrogens is 1290 g/mol. The van der Waals surface area contributed by atoms with Crippen LogP contribution in [-0.2, 0) is 0 Å². The van der Waals surface area contributed by atoms with Gasteiger partial charge in [-0.3, -0.25) is 4.98 Å². The molecule has 0 unspecified atom stereocenters. The Hall–Kier alpha value is -16.9. The fourth-order valence-corrected chi connectivity index (χ4v) is 13.6. The van der Waals surface area contributed by atoms with Crippen LogP contribution in [0.5, 0.6) is 0 Å². The van der Waals surface area contributed by atoms with Crippen molar-refractivity contribution < 1.29 is 0 Å². The van der Waals surface area contributed by atoms with E-state index in [1.54, 1.807) is 12.3 Å². The zero-order valence-electron chi connectivity index (χ0n) is 53.8. The second kappa shape index (κ2) is 25.9. The fourth-order valence-electron chi connectivity index (χ4n) is 13.6. The van der Waals surface area contributed by atoms with E-state index in [1.165, 1.54) is 48.5 Å². The molecule has 470 valence electrons. The zero-order valence-corrected chi connectivity index (χ0v) is 53.8. The number of aromatic nitrogens is 6. The molecule has 0 atom stereocenters. The average Bonchev–Trinajstić information content (AvgIpc) is 1.56. The summed E-state index contributed by atoms with van der Waals surface area (Å²) >= 11 is 0. The summed E-state index contributed by atoms with van der Waals surface area (Å²) in [7, 11) is 0. The van der Waals surface area contributed by atoms with Crippen molar-refractivity contribution in [2.75, 3.05) is 0 Å². The lowest BCUT2D eigenvalue weighted by Gasteiger charge is -2.19. The maximum absolute atomic E-state index is 10.7. The summed E-state index contributed by atoms with van der Waals surface area (Å²) in [5, 5.41) is 65.1. The van der Waals surface area contributed by atoms with E-state index in [0.29, 0.717) is 134 Å². The van der Waals surface area contributed by atoms with Crippen molar-refractivity contribution in [3.05, 3.63) is 320 Å². The molecule has 0 N–H and O–H groups in total. The predicted octanol–water partition coefficient (Wildman–Crippen LogP) is 21.3. The van der Waals surface area contributed by atoms with Crippen LogP contribution in [0.3, 0.4) is 0 Å². The minimum atomic E-state index is 0.0826. The summed E-state index contributed by atoms with van der Waals surface area (Å²) in [4.78, 5) is 43.1. The molecule has 0 saturated heterocycles. The van der Waals surface area contributed by atoms with Crippen LogP contribution in [0.2, 0.25) is 0 Å². The first kappa shape index (κ1) is 63.1. The van der Waals surface area contributed by atoms with Crippen molar-refractivity contribution in [1.82, 2.24) is 29.1 Å². The lowest BCUT2D eigenvalue weighted by Crippen LogP contribution is -2.04. The van der Waals surface area contributed by atoms with Gasteiger partial charge in [0, 0.05) is 83.4 Å². The molecule has 0 aliphatic carbocycles. The van der Waals surface area contributed by atoms with E-state index in [1.807, 2.05) is 162 Å². The third-order valence-corrected chi connectivity index (χ3v) is 18.1. The van der Waals surface area contributed by atoms with Gasteiger partial charge in [-0.05, 0) is 149 Å². The van der Waals surface area contributed by atoms with Gasteiger partial charge in [-0.1, -0.05) is 91.0 Å². The predicted molar refractivity (Wildman–Crippen MR) is 396 cm³/mol. The fraction of sp³-hybridized carbons (Fsp3) is 0. The Morgan fingerprint density at radius 3 is 1.12 bits per heavy atom. The number of nitriles is 6. The Kier molecular flexibility index (Phi) is 15.7. The van der Waals surface area contributed by atoms with Crippen molar-refractivity contribution in [2.24, 2.45) is 0 Å². The van der Waals surface area contributed by atoms with Crippen molar-refractivity contribution in [2.45, 2.75) is 0 Å². The summed E-state index contributed by atoms with van der Waals surface area (Å²) in [5.41, 5.74) is 11.0. The van der Waals surface area contributed by atoms with Gasteiger partial charge in [-0.15, -0.1) is 0 Å². The SMILES string of the molecule is [C-]#[N+]c1cc(C#N)c(-c2ccc3c(c2)c2cc(-c4c(C#N)cc([N+]#[C-])cc4[N+]#[C-])ccc2n3-c2ccc(-c3nc(-c4ccccc4)nc(-c4ccccc4)n3)cc2-c2ncccc2-n2c3ccc(-c4c(C#N)cc(C#N)cc4[N+]#[C-])cc3c3cc(-c4c([N+]#[C-])cc(C#N)cc4[N+]#[C-])ccc32)c(C#N)c1. The number of rotatable bonds is 10. The third-order valence-electron chi connectivity index (χ3n) is 18.1. The number of benzene rings is 11. The Balaban J connectivity index is 1.06. The van der Waals surface area contributed by atoms with Crippen molar-refractivity contribution in [3.8, 4) is 138 Å². The van der Waals surface area contributed by atoms with Crippen LogP contribution < -0.4 is 0 Å². The Bertz CT molecular complexity index is 6390. The van der Waals surface area contributed by atoms with Crippen LogP contribution in [0.1, 0.15) is 33.4 Å². The Morgan fingerprint density at radius 2 is 0.673 bits per heavy atom. The molecule has 18 heteroatoms. The maximum Gasteiger partial charge on any atom is 0.197 e. The van der Waals surface area contributed by atoms with Gasteiger partial charge < -0.3 is 9.13 Å². The van der Waals surface area contributed by atoms with E-state index < -0.39 is 0 Å². The molecule has 0 saturated carbocycles. The van der Waals surface area contributed by atoms with Gasteiger partial charge in [0.2, 0.25) is 0 Å². The van der Waals surface area contributed by atoms with Gasteiger partial charge in [0.05, 0.1) is 132 Å². The van der Waals surface area contributed by atoms with Crippen LogP contribution in [0.4, 0.5) is 34.1 Å². The lowest BCUT2D eigenvalue weighted by molar-refractivity contribution is 1.07. The second-order valence-corrected chi connectivity index (χ2v) is 23.7. The molecule has 0 spiro atoms. The highest BCUT2D eigenvalue weighted by molar-refractivity contribution is 6.15. The zero-order chi connectivity index (χ0) is 71.9. The monoisotopic (exact) mass is 1320 g/mol. The van der Waals surface area contributed by atoms with E-state index in [0.717, 1.165) is 11.1 Å². The first-order valence-electron chi connectivity index (χ1n) is 31.5. The van der Waals surface area contributed by atoms with Crippen LogP contribution in [-0.4, -0.2) is 29.1 Å². The van der Waals surface area contributed by atoms with Gasteiger partial charge in [-0.2, -0.15) is 31.6 Å². The molecule has 4 aromatic heterocycles. The highest BCUT2D eigenvalue weighted by Gasteiger charge is 2.27. The molecule has 4 heterocycles. The van der Waals surface area contributed by atoms with E-state index >= 15 is 0 Å². The number of pyridine rings is 1. The first-order chi connectivity index (χ1) is 51.0. The van der Waals surface area contributed by atoms with Gasteiger partial charge in [0.1, 0.15) is 0 Å². The standard InChI is InChI=1S/C86H36N18/c1-93-62-34-59(46-90)79(60(35-62)47-91)53-19-24-73-64(37-53)65-39-55(81-61(48-92)36-63(94-2)42-72(81)98-6)20-25-74(65)103(73)77-28-23-57(86-101-84(51-14-9-7-10-15-51)100-85(102-86)52-16-11-8-12-17-52)41-68(77)83-78(18-13-29-99-83)104-75-26-21-54(80-58(45-89)30-49(43-87)31-69(80)95-3)38-66(75)67-40-56(22-27-76(67)104)82-70(96-4)32-50(44-88)33-71(82)97-5/h7-42H. The van der Waals surface area contributed by atoms with Crippen molar-refractivity contribution >= 4 is 77.7 Å². The summed E-state index contributed by atoms with van der Waals surface area (Å²) in [5.74, 6) is 1.13. The highest BCUT2D eigenvalue weighted by atomic mass is 15.0. The number of nitrogens with zero attached hydrogens (tertiary/aromatic N) is 18. The topological polar surface area (TPSA) is 230 Å². The van der Waals surface area contributed by atoms with E-state index in [2.05, 4.69) is 70.1 Å². The van der Waals surface area contributed by atoms with Gasteiger partial charge >= 0.3 is 0 Å². The molecule has 11 aromatic carbocycles. The first-order valence-corrected chi connectivity index (χ1v) is 31.5. The van der Waals surface area contributed by atoms with Crippen LogP contribution in [0, 0.1) is 107 Å². The molecule has 0 bridgehead atoms.